The molecule has 7 heteroatoms. The number of pyridine rings is 1. The molecular weight excluding hydrogens is 472 g/mol. The van der Waals surface area contributed by atoms with Crippen LogP contribution in [0.25, 0.3) is 28.2 Å². The molecule has 1 aliphatic rings. The summed E-state index contributed by atoms with van der Waals surface area (Å²) in [6.07, 6.45) is 4.15. The van der Waals surface area contributed by atoms with E-state index in [0.29, 0.717) is 16.2 Å². The first-order chi connectivity index (χ1) is 17.2. The molecule has 1 fully saturated rings. The van der Waals surface area contributed by atoms with Gasteiger partial charge in [-0.3, -0.25) is 4.40 Å². The summed E-state index contributed by atoms with van der Waals surface area (Å²) in [5.74, 6) is 0. The largest absolute Gasteiger partial charge is 0.444 e. The number of rotatable bonds is 4. The van der Waals surface area contributed by atoms with E-state index in [2.05, 4.69) is 11.4 Å². The van der Waals surface area contributed by atoms with E-state index in [9.17, 15) is 10.1 Å². The zero-order chi connectivity index (χ0) is 25.5. The molecule has 2 heterocycles. The van der Waals surface area contributed by atoms with Gasteiger partial charge in [0.05, 0.1) is 27.5 Å². The highest BCUT2D eigenvalue weighted by atomic mass is 35.5. The molecule has 2 aromatic carbocycles. The fraction of sp³-hybridized carbons (Fsp3) is 0.276. The van der Waals surface area contributed by atoms with Crippen molar-refractivity contribution in [1.29, 1.82) is 5.26 Å². The normalized spacial score (nSPS) is 14.6. The number of hydrogen-bond donors (Lipinski definition) is 1. The molecule has 6 nitrogen and oxygen atoms in total. The zero-order valence-corrected chi connectivity index (χ0v) is 21.3. The van der Waals surface area contributed by atoms with Gasteiger partial charge in [-0.2, -0.15) is 5.26 Å². The maximum atomic E-state index is 12.5. The minimum Gasteiger partial charge on any atom is -0.444 e. The lowest BCUT2D eigenvalue weighted by Crippen LogP contribution is -2.52. The van der Waals surface area contributed by atoms with Gasteiger partial charge in [-0.25, -0.2) is 9.78 Å². The van der Waals surface area contributed by atoms with Gasteiger partial charge < -0.3 is 10.1 Å². The number of nitrogens with zero attached hydrogens (tertiary/aromatic N) is 3. The van der Waals surface area contributed by atoms with E-state index in [1.165, 1.54) is 0 Å². The molecule has 0 bridgehead atoms. The Kier molecular flexibility index (Phi) is 5.97. The molecule has 0 unspecified atom stereocenters. The lowest BCUT2D eigenvalue weighted by atomic mass is 9.71. The van der Waals surface area contributed by atoms with Gasteiger partial charge in [-0.15, -0.1) is 0 Å². The number of hydrogen-bond acceptors (Lipinski definition) is 4. The summed E-state index contributed by atoms with van der Waals surface area (Å²) in [4.78, 5) is 17.4. The topological polar surface area (TPSA) is 79.4 Å². The molecule has 2 aromatic heterocycles. The van der Waals surface area contributed by atoms with Crippen LogP contribution < -0.4 is 5.32 Å². The fourth-order valence-corrected chi connectivity index (χ4v) is 4.94. The van der Waals surface area contributed by atoms with Gasteiger partial charge in [0.2, 0.25) is 0 Å². The number of halogens is 1. The van der Waals surface area contributed by atoms with Crippen molar-refractivity contribution in [3.63, 3.8) is 0 Å². The van der Waals surface area contributed by atoms with E-state index in [1.807, 2.05) is 79.8 Å². The van der Waals surface area contributed by atoms with Crippen LogP contribution in [0.1, 0.15) is 51.2 Å². The molecule has 0 radical (unpaired) electrons. The van der Waals surface area contributed by atoms with E-state index in [0.717, 1.165) is 47.3 Å². The van der Waals surface area contributed by atoms with Gasteiger partial charge >= 0.3 is 6.09 Å². The first-order valence-electron chi connectivity index (χ1n) is 12.0. The van der Waals surface area contributed by atoms with Gasteiger partial charge in [0, 0.05) is 17.3 Å². The third-order valence-corrected chi connectivity index (χ3v) is 6.72. The number of carbonyl (C=O) groups excluding carboxylic acids is 1. The third kappa shape index (κ3) is 4.43. The lowest BCUT2D eigenvalue weighted by Gasteiger charge is -2.43. The predicted molar refractivity (Wildman–Crippen MR) is 141 cm³/mol. The number of benzene rings is 2. The highest BCUT2D eigenvalue weighted by Crippen LogP contribution is 2.42. The standard InChI is InChI=1S/C29H27ClN4O2/c1-28(2,3)36-27(35)33-29(14-7-15-29)22-12-10-19(11-13-22)24-25(20-8-5-4-6-9-20)34-18-23(30)16-21(17-31)26(34)32-24/h4-6,8-13,16,18H,7,14-15H2,1-3H3,(H,33,35). The number of nitrogens with one attached hydrogen (secondary N) is 1. The quantitative estimate of drug-likeness (QED) is 0.325. The van der Waals surface area contributed by atoms with Crippen molar-refractivity contribution in [3.05, 3.63) is 83.0 Å². The molecule has 0 saturated heterocycles. The van der Waals surface area contributed by atoms with E-state index < -0.39 is 17.2 Å². The van der Waals surface area contributed by atoms with Crippen molar-refractivity contribution < 1.29 is 9.53 Å². The zero-order valence-electron chi connectivity index (χ0n) is 20.5. The molecule has 0 atom stereocenters. The number of carbonyl (C=O) groups is 1. The molecule has 5 rings (SSSR count). The average molecular weight is 499 g/mol. The molecule has 0 spiro atoms. The second kappa shape index (κ2) is 9.00. The molecule has 182 valence electrons. The van der Waals surface area contributed by atoms with E-state index >= 15 is 0 Å². The Hall–Kier alpha value is -3.82. The number of nitriles is 1. The second-order valence-corrected chi connectivity index (χ2v) is 10.6. The first kappa shape index (κ1) is 23.9. The van der Waals surface area contributed by atoms with Crippen LogP contribution in [0, 0.1) is 11.3 Å². The number of alkyl carbamates (subject to hydrolysis) is 1. The van der Waals surface area contributed by atoms with Crippen LogP contribution in [0.2, 0.25) is 5.02 Å². The summed E-state index contributed by atoms with van der Waals surface area (Å²) in [6, 6.07) is 21.9. The van der Waals surface area contributed by atoms with Gasteiger partial charge in [-0.05, 0) is 51.7 Å². The average Bonchev–Trinajstić information content (AvgIpc) is 3.19. The Morgan fingerprint density at radius 3 is 2.39 bits per heavy atom. The van der Waals surface area contributed by atoms with Crippen molar-refractivity contribution in [2.24, 2.45) is 0 Å². The molecule has 36 heavy (non-hydrogen) atoms. The Morgan fingerprint density at radius 1 is 1.11 bits per heavy atom. The van der Waals surface area contributed by atoms with Crippen LogP contribution >= 0.6 is 11.6 Å². The SMILES string of the molecule is CC(C)(C)OC(=O)NC1(c2ccc(-c3nc4c(C#N)cc(Cl)cn4c3-c3ccccc3)cc2)CCC1. The van der Waals surface area contributed by atoms with Gasteiger partial charge in [-0.1, -0.05) is 66.2 Å². The molecule has 1 saturated carbocycles. The first-order valence-corrected chi connectivity index (χ1v) is 12.4. The number of imidazole rings is 1. The number of aromatic nitrogens is 2. The molecule has 0 aliphatic heterocycles. The van der Waals surface area contributed by atoms with Crippen LogP contribution in [-0.2, 0) is 10.3 Å². The minimum absolute atomic E-state index is 0.404. The summed E-state index contributed by atoms with van der Waals surface area (Å²) in [7, 11) is 0. The predicted octanol–water partition coefficient (Wildman–Crippen LogP) is 7.10. The highest BCUT2D eigenvalue weighted by Gasteiger charge is 2.41. The van der Waals surface area contributed by atoms with Crippen LogP contribution in [0.15, 0.2) is 66.9 Å². The third-order valence-electron chi connectivity index (χ3n) is 6.51. The Bertz CT molecular complexity index is 1470. The number of ether oxygens (including phenoxy) is 1. The Labute approximate surface area is 215 Å². The van der Waals surface area contributed by atoms with Gasteiger partial charge in [0.25, 0.3) is 0 Å². The monoisotopic (exact) mass is 498 g/mol. The maximum absolute atomic E-state index is 12.5. The fourth-order valence-electron chi connectivity index (χ4n) is 4.73. The minimum atomic E-state index is -0.555. The van der Waals surface area contributed by atoms with Crippen molar-refractivity contribution in [3.8, 4) is 28.6 Å². The van der Waals surface area contributed by atoms with Crippen molar-refractivity contribution in [1.82, 2.24) is 14.7 Å². The van der Waals surface area contributed by atoms with Crippen molar-refractivity contribution in [2.45, 2.75) is 51.2 Å². The van der Waals surface area contributed by atoms with Crippen molar-refractivity contribution >= 4 is 23.3 Å². The highest BCUT2D eigenvalue weighted by molar-refractivity contribution is 6.30. The summed E-state index contributed by atoms with van der Waals surface area (Å²) in [6.45, 7) is 5.58. The maximum Gasteiger partial charge on any atom is 0.408 e. The summed E-state index contributed by atoms with van der Waals surface area (Å²) in [5.41, 5.74) is 4.53. The van der Waals surface area contributed by atoms with Crippen molar-refractivity contribution in [2.75, 3.05) is 0 Å². The Balaban J connectivity index is 1.57. The smallest absolute Gasteiger partial charge is 0.408 e. The number of amides is 1. The lowest BCUT2D eigenvalue weighted by molar-refractivity contribution is 0.0377. The summed E-state index contributed by atoms with van der Waals surface area (Å²) in [5, 5.41) is 13.3. The molecule has 1 amide bonds. The van der Waals surface area contributed by atoms with E-state index in [4.69, 9.17) is 21.3 Å². The van der Waals surface area contributed by atoms with Crippen LogP contribution in [0.5, 0.6) is 0 Å². The molecule has 1 N–H and O–H groups in total. The number of fused-ring (bicyclic) bond motifs is 1. The summed E-state index contributed by atoms with van der Waals surface area (Å²) >= 11 is 6.35. The molecule has 1 aliphatic carbocycles. The van der Waals surface area contributed by atoms with Gasteiger partial charge in [0.15, 0.2) is 5.65 Å². The second-order valence-electron chi connectivity index (χ2n) is 10.2. The van der Waals surface area contributed by atoms with E-state index in [-0.39, 0.29) is 0 Å². The summed E-state index contributed by atoms with van der Waals surface area (Å²) < 4.78 is 7.40. The Morgan fingerprint density at radius 2 is 1.81 bits per heavy atom. The molecular formula is C29H27ClN4O2. The van der Waals surface area contributed by atoms with Crippen LogP contribution in [0.4, 0.5) is 4.79 Å². The van der Waals surface area contributed by atoms with Crippen LogP contribution in [-0.4, -0.2) is 21.1 Å². The van der Waals surface area contributed by atoms with E-state index in [1.54, 1.807) is 12.3 Å². The van der Waals surface area contributed by atoms with Gasteiger partial charge in [0.1, 0.15) is 11.7 Å². The van der Waals surface area contributed by atoms with Crippen LogP contribution in [0.3, 0.4) is 0 Å². The molecule has 4 aromatic rings.